The van der Waals surface area contributed by atoms with E-state index in [0.29, 0.717) is 6.04 Å². The van der Waals surface area contributed by atoms with Gasteiger partial charge in [-0.15, -0.1) is 0 Å². The van der Waals surface area contributed by atoms with Crippen LogP contribution in [0.25, 0.3) is 0 Å². The fourth-order valence-corrected chi connectivity index (χ4v) is 1.17. The lowest BCUT2D eigenvalue weighted by Gasteiger charge is -2.29. The summed E-state index contributed by atoms with van der Waals surface area (Å²) in [6.45, 7) is 9.77. The van der Waals surface area contributed by atoms with Crippen molar-refractivity contribution in [1.29, 1.82) is 0 Å². The zero-order valence-corrected chi connectivity index (χ0v) is 7.94. The van der Waals surface area contributed by atoms with E-state index < -0.39 is 0 Å². The fraction of sp³-hybridized carbons (Fsp3) is 0.889. The fourth-order valence-electron chi connectivity index (χ4n) is 1.17. The molecule has 1 heterocycles. The molecule has 0 aromatic carbocycles. The summed E-state index contributed by atoms with van der Waals surface area (Å²) in [6, 6.07) is 0.599. The maximum Gasteiger partial charge on any atom is 0.102 e. The molecular formula is C9H18N2. The van der Waals surface area contributed by atoms with Crippen LogP contribution in [0.3, 0.4) is 0 Å². The number of rotatable bonds is 0. The molecule has 0 aromatic rings. The number of hydrogen-bond donors (Lipinski definition) is 1. The van der Waals surface area contributed by atoms with Crippen molar-refractivity contribution in [2.75, 3.05) is 6.54 Å². The highest BCUT2D eigenvalue weighted by atomic mass is 15.1. The van der Waals surface area contributed by atoms with Gasteiger partial charge >= 0.3 is 0 Å². The van der Waals surface area contributed by atoms with Gasteiger partial charge in [-0.2, -0.15) is 0 Å². The summed E-state index contributed by atoms with van der Waals surface area (Å²) in [5.74, 6) is 1.16. The van der Waals surface area contributed by atoms with E-state index in [1.165, 1.54) is 6.42 Å². The number of aliphatic imine (C=N–C) groups is 1. The van der Waals surface area contributed by atoms with Gasteiger partial charge in [0, 0.05) is 18.0 Å². The lowest BCUT2D eigenvalue weighted by molar-refractivity contribution is 0.499. The van der Waals surface area contributed by atoms with Crippen molar-refractivity contribution in [3.05, 3.63) is 0 Å². The second kappa shape index (κ2) is 2.84. The van der Waals surface area contributed by atoms with Gasteiger partial charge in [-0.3, -0.25) is 4.99 Å². The van der Waals surface area contributed by atoms with E-state index in [1.807, 2.05) is 0 Å². The summed E-state index contributed by atoms with van der Waals surface area (Å²) in [7, 11) is 0. The van der Waals surface area contributed by atoms with Gasteiger partial charge in [0.1, 0.15) is 5.84 Å². The summed E-state index contributed by atoms with van der Waals surface area (Å²) in [5.41, 5.74) is 0.189. The maximum absolute atomic E-state index is 4.46. The molecule has 1 unspecified atom stereocenters. The highest BCUT2D eigenvalue weighted by Crippen LogP contribution is 2.17. The van der Waals surface area contributed by atoms with Gasteiger partial charge in [-0.1, -0.05) is 20.8 Å². The molecular weight excluding hydrogens is 136 g/mol. The summed E-state index contributed by atoms with van der Waals surface area (Å²) in [5, 5.41) is 3.41. The SMILES string of the molecule is CC1CCN=C(C(C)(C)C)N1. The molecule has 0 fully saturated rings. The van der Waals surface area contributed by atoms with Crippen LogP contribution >= 0.6 is 0 Å². The van der Waals surface area contributed by atoms with Crippen LogP contribution in [0.5, 0.6) is 0 Å². The third-order valence-electron chi connectivity index (χ3n) is 1.93. The van der Waals surface area contributed by atoms with Gasteiger partial charge in [0.15, 0.2) is 0 Å². The number of amidine groups is 1. The molecule has 2 nitrogen and oxygen atoms in total. The van der Waals surface area contributed by atoms with Crippen LogP contribution in [0, 0.1) is 5.41 Å². The minimum Gasteiger partial charge on any atom is -0.371 e. The molecule has 0 saturated heterocycles. The number of nitrogens with zero attached hydrogens (tertiary/aromatic N) is 1. The predicted octanol–water partition coefficient (Wildman–Crippen LogP) is 1.81. The first-order valence-corrected chi connectivity index (χ1v) is 4.31. The van der Waals surface area contributed by atoms with Crippen molar-refractivity contribution in [3.8, 4) is 0 Å². The van der Waals surface area contributed by atoms with Crippen molar-refractivity contribution < 1.29 is 0 Å². The Kier molecular flexibility index (Phi) is 2.21. The van der Waals surface area contributed by atoms with Gasteiger partial charge in [-0.05, 0) is 13.3 Å². The van der Waals surface area contributed by atoms with Gasteiger partial charge in [0.05, 0.1) is 0 Å². The molecule has 1 aliphatic rings. The highest BCUT2D eigenvalue weighted by molar-refractivity contribution is 5.87. The Morgan fingerprint density at radius 3 is 2.45 bits per heavy atom. The van der Waals surface area contributed by atoms with Gasteiger partial charge < -0.3 is 5.32 Å². The zero-order valence-electron chi connectivity index (χ0n) is 7.94. The molecule has 2 heteroatoms. The van der Waals surface area contributed by atoms with Crippen molar-refractivity contribution in [1.82, 2.24) is 5.32 Å². The van der Waals surface area contributed by atoms with E-state index in [1.54, 1.807) is 0 Å². The average molecular weight is 154 g/mol. The molecule has 0 aromatic heterocycles. The average Bonchev–Trinajstić information content (AvgIpc) is 1.86. The third kappa shape index (κ3) is 2.21. The minimum atomic E-state index is 0.189. The monoisotopic (exact) mass is 154 g/mol. The molecule has 0 aliphatic carbocycles. The Bertz CT molecular complexity index is 165. The van der Waals surface area contributed by atoms with Crippen LogP contribution in [0.4, 0.5) is 0 Å². The lowest BCUT2D eigenvalue weighted by atomic mass is 9.93. The number of nitrogens with one attached hydrogen (secondary N) is 1. The smallest absolute Gasteiger partial charge is 0.102 e. The quantitative estimate of drug-likeness (QED) is 0.565. The van der Waals surface area contributed by atoms with Crippen molar-refractivity contribution in [3.63, 3.8) is 0 Å². The Hall–Kier alpha value is -0.530. The third-order valence-corrected chi connectivity index (χ3v) is 1.93. The van der Waals surface area contributed by atoms with Gasteiger partial charge in [-0.25, -0.2) is 0 Å². The maximum atomic E-state index is 4.46. The van der Waals surface area contributed by atoms with Crippen molar-refractivity contribution >= 4 is 5.84 Å². The minimum absolute atomic E-state index is 0.189. The van der Waals surface area contributed by atoms with E-state index in [-0.39, 0.29) is 5.41 Å². The molecule has 11 heavy (non-hydrogen) atoms. The van der Waals surface area contributed by atoms with Crippen LogP contribution < -0.4 is 5.32 Å². The lowest BCUT2D eigenvalue weighted by Crippen LogP contribution is -2.43. The Morgan fingerprint density at radius 2 is 2.09 bits per heavy atom. The summed E-state index contributed by atoms with van der Waals surface area (Å²) in [6.07, 6.45) is 1.17. The zero-order chi connectivity index (χ0) is 8.48. The predicted molar refractivity (Wildman–Crippen MR) is 49.0 cm³/mol. The second-order valence-corrected chi connectivity index (χ2v) is 4.31. The van der Waals surface area contributed by atoms with Crippen molar-refractivity contribution in [2.24, 2.45) is 10.4 Å². The van der Waals surface area contributed by atoms with Crippen LogP contribution in [0.1, 0.15) is 34.1 Å². The molecule has 64 valence electrons. The molecule has 0 radical (unpaired) electrons. The molecule has 1 atom stereocenters. The second-order valence-electron chi connectivity index (χ2n) is 4.31. The normalized spacial score (nSPS) is 25.8. The van der Waals surface area contributed by atoms with E-state index in [2.05, 4.69) is 38.0 Å². The molecule has 0 amide bonds. The first kappa shape index (κ1) is 8.57. The highest BCUT2D eigenvalue weighted by Gasteiger charge is 2.22. The first-order valence-electron chi connectivity index (χ1n) is 4.31. The van der Waals surface area contributed by atoms with E-state index in [0.717, 1.165) is 12.4 Å². The van der Waals surface area contributed by atoms with Gasteiger partial charge in [0.2, 0.25) is 0 Å². The van der Waals surface area contributed by atoms with Crippen LogP contribution in [0.15, 0.2) is 4.99 Å². The first-order chi connectivity index (χ1) is 5.00. The number of hydrogen-bond acceptors (Lipinski definition) is 2. The van der Waals surface area contributed by atoms with Crippen LogP contribution in [-0.4, -0.2) is 18.4 Å². The Morgan fingerprint density at radius 1 is 1.45 bits per heavy atom. The molecule has 1 rings (SSSR count). The summed E-state index contributed by atoms with van der Waals surface area (Å²) >= 11 is 0. The van der Waals surface area contributed by atoms with E-state index >= 15 is 0 Å². The summed E-state index contributed by atoms with van der Waals surface area (Å²) < 4.78 is 0. The molecule has 1 aliphatic heterocycles. The molecule has 1 N–H and O–H groups in total. The topological polar surface area (TPSA) is 24.4 Å². The van der Waals surface area contributed by atoms with Gasteiger partial charge in [0.25, 0.3) is 0 Å². The molecule has 0 spiro atoms. The Balaban J connectivity index is 2.65. The molecule has 0 bridgehead atoms. The van der Waals surface area contributed by atoms with E-state index in [4.69, 9.17) is 0 Å². The van der Waals surface area contributed by atoms with Crippen molar-refractivity contribution in [2.45, 2.75) is 40.2 Å². The standard InChI is InChI=1S/C9H18N2/c1-7-5-6-10-8(11-7)9(2,3)4/h7H,5-6H2,1-4H3,(H,10,11). The molecule has 0 saturated carbocycles. The van der Waals surface area contributed by atoms with E-state index in [9.17, 15) is 0 Å². The van der Waals surface area contributed by atoms with Crippen LogP contribution in [-0.2, 0) is 0 Å². The largest absolute Gasteiger partial charge is 0.371 e. The summed E-state index contributed by atoms with van der Waals surface area (Å²) in [4.78, 5) is 4.46. The van der Waals surface area contributed by atoms with Crippen LogP contribution in [0.2, 0.25) is 0 Å². The Labute approximate surface area is 69.1 Å².